The first kappa shape index (κ1) is 31.3. The number of nitrogens with two attached hydrogens (primary N) is 1. The summed E-state index contributed by atoms with van der Waals surface area (Å²) in [5, 5.41) is 15.6. The molecule has 0 spiro atoms. The fourth-order valence-electron chi connectivity index (χ4n) is 4.59. The van der Waals surface area contributed by atoms with Crippen LogP contribution in [0.5, 0.6) is 5.75 Å². The fourth-order valence-corrected chi connectivity index (χ4v) is 4.76. The molecule has 222 valence electrons. The van der Waals surface area contributed by atoms with Crippen LogP contribution in [0.25, 0.3) is 0 Å². The number of hydrogen-bond donors (Lipinski definition) is 4. The Bertz CT molecular complexity index is 1500. The van der Waals surface area contributed by atoms with Gasteiger partial charge >= 0.3 is 5.97 Å². The average molecular weight is 600 g/mol. The molecule has 0 fully saturated rings. The van der Waals surface area contributed by atoms with Crippen LogP contribution in [-0.4, -0.2) is 47.6 Å². The molecular weight excluding hydrogens is 566 g/mol. The summed E-state index contributed by atoms with van der Waals surface area (Å²) in [7, 11) is 0. The largest absolute Gasteiger partial charge is 0.491 e. The molecule has 4 aromatic carbocycles. The van der Waals surface area contributed by atoms with E-state index in [4.69, 9.17) is 22.1 Å². The quantitative estimate of drug-likeness (QED) is 0.169. The van der Waals surface area contributed by atoms with Gasteiger partial charge < -0.3 is 26.2 Å². The van der Waals surface area contributed by atoms with Crippen molar-refractivity contribution in [2.45, 2.75) is 37.4 Å². The van der Waals surface area contributed by atoms with Gasteiger partial charge in [-0.3, -0.25) is 9.59 Å². The van der Waals surface area contributed by atoms with E-state index in [0.717, 1.165) is 16.7 Å². The number of ether oxygens (including phenoxy) is 1. The zero-order valence-corrected chi connectivity index (χ0v) is 24.2. The van der Waals surface area contributed by atoms with E-state index in [1.54, 1.807) is 30.3 Å². The number of halogens is 1. The van der Waals surface area contributed by atoms with Crippen LogP contribution in [0.1, 0.15) is 27.0 Å². The Hall–Kier alpha value is -4.66. The minimum Gasteiger partial charge on any atom is -0.491 e. The van der Waals surface area contributed by atoms with Crippen LogP contribution in [0.4, 0.5) is 0 Å². The Kier molecular flexibility index (Phi) is 11.3. The summed E-state index contributed by atoms with van der Waals surface area (Å²) in [4.78, 5) is 39.1. The second-order valence-corrected chi connectivity index (χ2v) is 10.6. The van der Waals surface area contributed by atoms with E-state index in [1.165, 1.54) is 12.1 Å². The van der Waals surface area contributed by atoms with Crippen LogP contribution < -0.4 is 21.1 Å². The molecule has 2 amide bonds. The molecule has 5 N–H and O–H groups in total. The molecule has 3 atom stereocenters. The number of amides is 2. The molecule has 43 heavy (non-hydrogen) atoms. The summed E-state index contributed by atoms with van der Waals surface area (Å²) < 4.78 is 5.95. The van der Waals surface area contributed by atoms with Crippen LogP contribution in [-0.2, 0) is 28.9 Å². The van der Waals surface area contributed by atoms with Crippen molar-refractivity contribution in [3.8, 4) is 5.75 Å². The number of aliphatic carboxylic acids is 1. The lowest BCUT2D eigenvalue weighted by Gasteiger charge is -2.22. The van der Waals surface area contributed by atoms with Gasteiger partial charge in [0.05, 0.1) is 5.56 Å². The van der Waals surface area contributed by atoms with Gasteiger partial charge in [-0.1, -0.05) is 103 Å². The van der Waals surface area contributed by atoms with E-state index in [2.05, 4.69) is 10.6 Å². The van der Waals surface area contributed by atoms with Crippen molar-refractivity contribution in [2.24, 2.45) is 5.73 Å². The van der Waals surface area contributed by atoms with Gasteiger partial charge in [0.25, 0.3) is 5.91 Å². The van der Waals surface area contributed by atoms with Crippen molar-refractivity contribution < 1.29 is 24.2 Å². The van der Waals surface area contributed by atoms with E-state index in [0.29, 0.717) is 11.4 Å². The van der Waals surface area contributed by atoms with Gasteiger partial charge in [-0.25, -0.2) is 4.79 Å². The Labute approximate surface area is 255 Å². The Morgan fingerprint density at radius 1 is 0.721 bits per heavy atom. The van der Waals surface area contributed by atoms with Crippen molar-refractivity contribution in [2.75, 3.05) is 6.61 Å². The molecular formula is C34H34ClN3O5. The lowest BCUT2D eigenvalue weighted by atomic mass is 10.0. The summed E-state index contributed by atoms with van der Waals surface area (Å²) in [6, 6.07) is 29.9. The second kappa shape index (κ2) is 15.5. The summed E-state index contributed by atoms with van der Waals surface area (Å²) in [5.41, 5.74) is 9.06. The number of nitrogens with one attached hydrogen (secondary N) is 2. The molecule has 0 heterocycles. The first-order valence-electron chi connectivity index (χ1n) is 13.9. The second-order valence-electron chi connectivity index (χ2n) is 10.2. The Morgan fingerprint density at radius 3 is 1.77 bits per heavy atom. The van der Waals surface area contributed by atoms with E-state index in [-0.39, 0.29) is 36.8 Å². The predicted octanol–water partition coefficient (Wildman–Crippen LogP) is 4.44. The average Bonchev–Trinajstić information content (AvgIpc) is 3.01. The van der Waals surface area contributed by atoms with E-state index < -0.39 is 29.9 Å². The zero-order chi connectivity index (χ0) is 30.6. The van der Waals surface area contributed by atoms with Gasteiger partial charge in [0.15, 0.2) is 0 Å². The molecule has 8 nitrogen and oxygen atoms in total. The van der Waals surface area contributed by atoms with Crippen LogP contribution in [0.3, 0.4) is 0 Å². The third-order valence-corrected chi connectivity index (χ3v) is 7.02. The SMILES string of the molecule is N[C@H](COc1cc(Cl)ccc1C(=O)N[C@@H](Cc1ccccc1)C(=O)N[C@@H](Cc1ccccc1)C(=O)O)Cc1ccccc1. The number of rotatable bonds is 14. The highest BCUT2D eigenvalue weighted by Crippen LogP contribution is 2.24. The van der Waals surface area contributed by atoms with Crippen LogP contribution in [0, 0.1) is 0 Å². The number of carboxylic acid groups (broad SMARTS) is 1. The van der Waals surface area contributed by atoms with Crippen LogP contribution in [0.15, 0.2) is 109 Å². The molecule has 0 aliphatic rings. The highest BCUT2D eigenvalue weighted by molar-refractivity contribution is 6.30. The molecule has 9 heteroatoms. The van der Waals surface area contributed by atoms with Gasteiger partial charge in [-0.15, -0.1) is 0 Å². The van der Waals surface area contributed by atoms with E-state index in [1.807, 2.05) is 66.7 Å². The number of benzene rings is 4. The maximum Gasteiger partial charge on any atom is 0.326 e. The van der Waals surface area contributed by atoms with Gasteiger partial charge in [0, 0.05) is 23.9 Å². The molecule has 4 rings (SSSR count). The number of carbonyl (C=O) groups is 3. The van der Waals surface area contributed by atoms with Gasteiger partial charge in [0.2, 0.25) is 5.91 Å². The highest BCUT2D eigenvalue weighted by atomic mass is 35.5. The Morgan fingerprint density at radius 2 is 1.23 bits per heavy atom. The molecule has 0 aromatic heterocycles. The van der Waals surface area contributed by atoms with Gasteiger partial charge in [-0.2, -0.15) is 0 Å². The molecule has 4 aromatic rings. The molecule has 0 aliphatic carbocycles. The summed E-state index contributed by atoms with van der Waals surface area (Å²) in [5.74, 6) is -2.15. The summed E-state index contributed by atoms with van der Waals surface area (Å²) in [6.07, 6.45) is 0.810. The predicted molar refractivity (Wildman–Crippen MR) is 166 cm³/mol. The summed E-state index contributed by atoms with van der Waals surface area (Å²) in [6.45, 7) is 0.128. The maximum absolute atomic E-state index is 13.6. The minimum absolute atomic E-state index is 0.0896. The lowest BCUT2D eigenvalue weighted by Crippen LogP contribution is -2.53. The first-order chi connectivity index (χ1) is 20.8. The van der Waals surface area contributed by atoms with Crippen LogP contribution in [0.2, 0.25) is 5.02 Å². The molecule has 0 unspecified atom stereocenters. The smallest absolute Gasteiger partial charge is 0.326 e. The first-order valence-corrected chi connectivity index (χ1v) is 14.3. The lowest BCUT2D eigenvalue weighted by molar-refractivity contribution is -0.142. The van der Waals surface area contributed by atoms with Crippen molar-refractivity contribution >= 4 is 29.4 Å². The molecule has 0 saturated heterocycles. The van der Waals surface area contributed by atoms with Gasteiger partial charge in [0.1, 0.15) is 24.4 Å². The Balaban J connectivity index is 1.50. The summed E-state index contributed by atoms with van der Waals surface area (Å²) >= 11 is 6.22. The van der Waals surface area contributed by atoms with Crippen LogP contribution >= 0.6 is 11.6 Å². The van der Waals surface area contributed by atoms with Crippen molar-refractivity contribution in [3.63, 3.8) is 0 Å². The monoisotopic (exact) mass is 599 g/mol. The van der Waals surface area contributed by atoms with E-state index in [9.17, 15) is 19.5 Å². The number of carbonyl (C=O) groups excluding carboxylic acids is 2. The van der Waals surface area contributed by atoms with Crippen molar-refractivity contribution in [1.29, 1.82) is 0 Å². The maximum atomic E-state index is 13.6. The molecule has 0 bridgehead atoms. The molecule has 0 saturated carbocycles. The third-order valence-electron chi connectivity index (χ3n) is 6.78. The number of hydrogen-bond acceptors (Lipinski definition) is 5. The minimum atomic E-state index is -1.19. The highest BCUT2D eigenvalue weighted by Gasteiger charge is 2.28. The molecule has 0 aliphatic heterocycles. The zero-order valence-electron chi connectivity index (χ0n) is 23.5. The van der Waals surface area contributed by atoms with Gasteiger partial charge in [-0.05, 0) is 41.3 Å². The van der Waals surface area contributed by atoms with Crippen molar-refractivity contribution in [3.05, 3.63) is 136 Å². The number of carboxylic acids is 1. The standard InChI is InChI=1S/C34H34ClN3O5/c35-26-16-17-28(31(21-26)43-22-27(36)18-23-10-4-1-5-11-23)32(39)37-29(19-24-12-6-2-7-13-24)33(40)38-30(34(41)42)20-25-14-8-3-9-15-25/h1-17,21,27,29-30H,18-20,22,36H2,(H,37,39)(H,38,40)(H,41,42)/t27-,29-,30-/m0/s1. The van der Waals surface area contributed by atoms with E-state index >= 15 is 0 Å². The van der Waals surface area contributed by atoms with Crippen molar-refractivity contribution in [1.82, 2.24) is 10.6 Å². The third kappa shape index (κ3) is 9.70. The topological polar surface area (TPSA) is 131 Å². The fraction of sp³-hybridized carbons (Fsp3) is 0.206. The molecule has 0 radical (unpaired) electrons. The normalized spacial score (nSPS) is 12.9.